The van der Waals surface area contributed by atoms with Crippen LogP contribution in [0.5, 0.6) is 0 Å². The van der Waals surface area contributed by atoms with Crippen molar-refractivity contribution in [1.82, 2.24) is 5.32 Å². The molecule has 23 heavy (non-hydrogen) atoms. The molecule has 0 radical (unpaired) electrons. The Morgan fingerprint density at radius 2 is 2.04 bits per heavy atom. The number of alkyl carbamates (subject to hydrolysis) is 1. The van der Waals surface area contributed by atoms with Crippen molar-refractivity contribution in [3.8, 4) is 11.8 Å². The van der Waals surface area contributed by atoms with E-state index in [0.29, 0.717) is 13.0 Å². The molecule has 0 aromatic heterocycles. The number of hydrogen-bond donors (Lipinski definition) is 1. The second-order valence-electron chi connectivity index (χ2n) is 6.72. The van der Waals surface area contributed by atoms with E-state index < -0.39 is 11.7 Å². The number of anilines is 1. The Morgan fingerprint density at radius 3 is 2.74 bits per heavy atom. The summed E-state index contributed by atoms with van der Waals surface area (Å²) in [7, 11) is 0. The van der Waals surface area contributed by atoms with E-state index in [4.69, 9.17) is 4.74 Å². The molecule has 124 valence electrons. The van der Waals surface area contributed by atoms with Crippen molar-refractivity contribution >= 4 is 11.8 Å². The van der Waals surface area contributed by atoms with Gasteiger partial charge in [-0.15, -0.1) is 0 Å². The van der Waals surface area contributed by atoms with Gasteiger partial charge in [0, 0.05) is 37.3 Å². The number of carbonyl (C=O) groups excluding carboxylic acids is 1. The third-order valence-electron chi connectivity index (χ3n) is 3.47. The second kappa shape index (κ2) is 7.92. The SMILES string of the molecule is CC(C)(C)OC(=O)NCCC#Cc1cccc(N2CCCC2)c1. The molecular weight excluding hydrogens is 288 g/mol. The lowest BCUT2D eigenvalue weighted by molar-refractivity contribution is 0.0529. The Hall–Kier alpha value is -2.15. The number of carbonyl (C=O) groups is 1. The summed E-state index contributed by atoms with van der Waals surface area (Å²) >= 11 is 0. The molecule has 1 amide bonds. The molecule has 1 aromatic rings. The maximum absolute atomic E-state index is 11.5. The van der Waals surface area contributed by atoms with Gasteiger partial charge in [-0.25, -0.2) is 4.79 Å². The number of nitrogens with one attached hydrogen (secondary N) is 1. The molecule has 0 atom stereocenters. The second-order valence-corrected chi connectivity index (χ2v) is 6.72. The average molecular weight is 314 g/mol. The summed E-state index contributed by atoms with van der Waals surface area (Å²) in [6, 6.07) is 8.35. The van der Waals surface area contributed by atoms with Crippen LogP contribution >= 0.6 is 0 Å². The van der Waals surface area contributed by atoms with Gasteiger partial charge in [0.2, 0.25) is 0 Å². The van der Waals surface area contributed by atoms with Crippen LogP contribution in [0.3, 0.4) is 0 Å². The lowest BCUT2D eigenvalue weighted by atomic mass is 10.2. The first-order chi connectivity index (χ1) is 10.9. The largest absolute Gasteiger partial charge is 0.444 e. The number of benzene rings is 1. The third-order valence-corrected chi connectivity index (χ3v) is 3.47. The average Bonchev–Trinajstić information content (AvgIpc) is 2.99. The minimum Gasteiger partial charge on any atom is -0.444 e. The molecule has 0 unspecified atom stereocenters. The monoisotopic (exact) mass is 314 g/mol. The summed E-state index contributed by atoms with van der Waals surface area (Å²) in [5, 5.41) is 2.71. The summed E-state index contributed by atoms with van der Waals surface area (Å²) in [5.41, 5.74) is 1.80. The first-order valence-corrected chi connectivity index (χ1v) is 8.25. The van der Waals surface area contributed by atoms with E-state index in [9.17, 15) is 4.79 Å². The van der Waals surface area contributed by atoms with Gasteiger partial charge >= 0.3 is 6.09 Å². The van der Waals surface area contributed by atoms with E-state index in [1.165, 1.54) is 18.5 Å². The Bertz CT molecular complexity index is 587. The highest BCUT2D eigenvalue weighted by Crippen LogP contribution is 2.20. The molecule has 0 saturated carbocycles. The predicted octanol–water partition coefficient (Wildman–Crippen LogP) is 3.55. The van der Waals surface area contributed by atoms with Crippen molar-refractivity contribution < 1.29 is 9.53 Å². The van der Waals surface area contributed by atoms with Crippen LogP contribution in [0.15, 0.2) is 24.3 Å². The van der Waals surface area contributed by atoms with Gasteiger partial charge in [0.25, 0.3) is 0 Å². The van der Waals surface area contributed by atoms with Gasteiger partial charge in [0.05, 0.1) is 0 Å². The Labute approximate surface area is 139 Å². The number of hydrogen-bond acceptors (Lipinski definition) is 3. The van der Waals surface area contributed by atoms with Crippen molar-refractivity contribution in [2.24, 2.45) is 0 Å². The Morgan fingerprint density at radius 1 is 1.30 bits per heavy atom. The fraction of sp³-hybridized carbons (Fsp3) is 0.526. The Kier molecular flexibility index (Phi) is 5.92. The zero-order valence-electron chi connectivity index (χ0n) is 14.3. The molecule has 4 heteroatoms. The molecule has 1 saturated heterocycles. The van der Waals surface area contributed by atoms with Crippen LogP contribution in [0.4, 0.5) is 10.5 Å². The zero-order chi connectivity index (χ0) is 16.7. The summed E-state index contributed by atoms with van der Waals surface area (Å²) in [5.74, 6) is 6.26. The number of rotatable bonds is 3. The van der Waals surface area contributed by atoms with E-state index in [0.717, 1.165) is 18.7 Å². The van der Waals surface area contributed by atoms with Crippen LogP contribution in [0.25, 0.3) is 0 Å². The van der Waals surface area contributed by atoms with Crippen molar-refractivity contribution in [3.05, 3.63) is 29.8 Å². The van der Waals surface area contributed by atoms with E-state index in [2.05, 4.69) is 40.3 Å². The molecule has 0 spiro atoms. The summed E-state index contributed by atoms with van der Waals surface area (Å²) in [4.78, 5) is 13.9. The molecule has 2 rings (SSSR count). The van der Waals surface area contributed by atoms with E-state index in [1.54, 1.807) is 0 Å². The highest BCUT2D eigenvalue weighted by atomic mass is 16.6. The number of amides is 1. The molecule has 1 N–H and O–H groups in total. The highest BCUT2D eigenvalue weighted by molar-refractivity contribution is 5.67. The fourth-order valence-corrected chi connectivity index (χ4v) is 2.46. The molecule has 1 fully saturated rings. The number of nitrogens with zero attached hydrogens (tertiary/aromatic N) is 1. The van der Waals surface area contributed by atoms with Gasteiger partial charge in [-0.05, 0) is 51.8 Å². The lowest BCUT2D eigenvalue weighted by Crippen LogP contribution is -2.32. The van der Waals surface area contributed by atoms with Gasteiger partial charge in [0.1, 0.15) is 5.60 Å². The quantitative estimate of drug-likeness (QED) is 0.685. The minimum atomic E-state index is -0.466. The van der Waals surface area contributed by atoms with Crippen LogP contribution in [0, 0.1) is 11.8 Å². The summed E-state index contributed by atoms with van der Waals surface area (Å²) in [6.45, 7) is 8.31. The van der Waals surface area contributed by atoms with Crippen LogP contribution in [-0.2, 0) is 4.74 Å². The molecule has 1 aliphatic rings. The standard InChI is InChI=1S/C19H26N2O2/c1-19(2,3)23-18(22)20-12-5-4-9-16-10-8-11-17(15-16)21-13-6-7-14-21/h8,10-11,15H,5-7,12-14H2,1-3H3,(H,20,22). The van der Waals surface area contributed by atoms with Gasteiger partial charge in [-0.2, -0.15) is 0 Å². The van der Waals surface area contributed by atoms with E-state index in [1.807, 2.05) is 26.8 Å². The molecule has 1 aliphatic heterocycles. The maximum atomic E-state index is 11.5. The van der Waals surface area contributed by atoms with Gasteiger partial charge < -0.3 is 15.0 Å². The lowest BCUT2D eigenvalue weighted by Gasteiger charge is -2.19. The first kappa shape index (κ1) is 17.2. The molecule has 1 heterocycles. The molecule has 4 nitrogen and oxygen atoms in total. The van der Waals surface area contributed by atoms with Crippen molar-refractivity contribution in [2.75, 3.05) is 24.5 Å². The zero-order valence-corrected chi connectivity index (χ0v) is 14.3. The van der Waals surface area contributed by atoms with Crippen LogP contribution < -0.4 is 10.2 Å². The van der Waals surface area contributed by atoms with Crippen LogP contribution in [0.2, 0.25) is 0 Å². The highest BCUT2D eigenvalue weighted by Gasteiger charge is 2.15. The topological polar surface area (TPSA) is 41.6 Å². The Balaban J connectivity index is 1.78. The normalized spacial score (nSPS) is 14.1. The summed E-state index contributed by atoms with van der Waals surface area (Å²) < 4.78 is 5.17. The molecular formula is C19H26N2O2. The van der Waals surface area contributed by atoms with Gasteiger partial charge in [0.15, 0.2) is 0 Å². The molecule has 1 aromatic carbocycles. The predicted molar refractivity (Wildman–Crippen MR) is 93.6 cm³/mol. The molecule has 0 aliphatic carbocycles. The number of ether oxygens (including phenoxy) is 1. The van der Waals surface area contributed by atoms with E-state index >= 15 is 0 Å². The van der Waals surface area contributed by atoms with Crippen molar-refractivity contribution in [3.63, 3.8) is 0 Å². The molecule has 0 bridgehead atoms. The van der Waals surface area contributed by atoms with Gasteiger partial charge in [-0.3, -0.25) is 0 Å². The smallest absolute Gasteiger partial charge is 0.407 e. The van der Waals surface area contributed by atoms with Crippen molar-refractivity contribution in [1.29, 1.82) is 0 Å². The third kappa shape index (κ3) is 6.23. The van der Waals surface area contributed by atoms with Gasteiger partial charge in [-0.1, -0.05) is 17.9 Å². The fourth-order valence-electron chi connectivity index (χ4n) is 2.46. The first-order valence-electron chi connectivity index (χ1n) is 8.25. The van der Waals surface area contributed by atoms with Crippen LogP contribution in [0.1, 0.15) is 45.6 Å². The minimum absolute atomic E-state index is 0.393. The van der Waals surface area contributed by atoms with E-state index in [-0.39, 0.29) is 0 Å². The van der Waals surface area contributed by atoms with Crippen molar-refractivity contribution in [2.45, 2.75) is 45.6 Å². The van der Waals surface area contributed by atoms with Crippen LogP contribution in [-0.4, -0.2) is 31.3 Å². The summed E-state index contributed by atoms with van der Waals surface area (Å²) in [6.07, 6.45) is 2.75. The maximum Gasteiger partial charge on any atom is 0.407 e.